The van der Waals surface area contributed by atoms with Gasteiger partial charge < -0.3 is 5.32 Å². The Bertz CT molecular complexity index is 522. The van der Waals surface area contributed by atoms with Crippen LogP contribution in [0.3, 0.4) is 0 Å². The number of alkyl halides is 3. The number of anilines is 1. The number of rotatable bonds is 10. The van der Waals surface area contributed by atoms with Crippen LogP contribution in [0, 0.1) is 5.92 Å². The third-order valence-electron chi connectivity index (χ3n) is 3.24. The fraction of sp³-hybridized carbons (Fsp3) is 0.571. The number of hydrazine groups is 1. The molecule has 10 heteroatoms. The van der Waals surface area contributed by atoms with Crippen LogP contribution < -0.4 is 16.2 Å². The van der Waals surface area contributed by atoms with Crippen molar-refractivity contribution in [2.24, 2.45) is 5.92 Å². The lowest BCUT2D eigenvalue weighted by molar-refractivity contribution is -0.141. The smallest absolute Gasteiger partial charge is 0.358 e. The van der Waals surface area contributed by atoms with Crippen LogP contribution in [0.25, 0.3) is 0 Å². The number of hydrogen-bond donors (Lipinski definition) is 3. The van der Waals surface area contributed by atoms with E-state index in [0.29, 0.717) is 12.8 Å². The quantitative estimate of drug-likeness (QED) is 0.341. The number of aromatic nitrogens is 2. The number of hydrogen-bond acceptors (Lipinski definition) is 5. The number of unbranched alkanes of at least 4 members (excludes halogenated alkanes) is 2. The molecule has 3 N–H and O–H groups in total. The van der Waals surface area contributed by atoms with Crippen molar-refractivity contribution in [3.05, 3.63) is 17.8 Å². The van der Waals surface area contributed by atoms with Gasteiger partial charge >= 0.3 is 6.18 Å². The average Bonchev–Trinajstić information content (AvgIpc) is 2.55. The van der Waals surface area contributed by atoms with Gasteiger partial charge in [-0.2, -0.15) is 13.2 Å². The van der Waals surface area contributed by atoms with Gasteiger partial charge in [0.05, 0.1) is 5.92 Å². The minimum atomic E-state index is -4.57. The van der Waals surface area contributed by atoms with Crippen molar-refractivity contribution in [2.75, 3.05) is 12.0 Å². The summed E-state index contributed by atoms with van der Waals surface area (Å²) in [5.74, 6) is -0.856. The summed E-state index contributed by atoms with van der Waals surface area (Å²) >= 11 is 0. The predicted octanol–water partition coefficient (Wildman–Crippen LogP) is 1.88. The maximum absolute atomic E-state index is 12.4. The van der Waals surface area contributed by atoms with E-state index in [-0.39, 0.29) is 18.3 Å². The molecule has 2 amide bonds. The van der Waals surface area contributed by atoms with Gasteiger partial charge in [-0.15, -0.1) is 10.2 Å². The van der Waals surface area contributed by atoms with Crippen LogP contribution in [0.2, 0.25) is 0 Å². The van der Waals surface area contributed by atoms with Crippen LogP contribution in [-0.4, -0.2) is 29.1 Å². The Hall–Kier alpha value is -2.39. The van der Waals surface area contributed by atoms with Gasteiger partial charge in [0, 0.05) is 6.54 Å². The number of amides is 2. The van der Waals surface area contributed by atoms with E-state index in [0.717, 1.165) is 31.4 Å². The lowest BCUT2D eigenvalue weighted by Gasteiger charge is -2.16. The summed E-state index contributed by atoms with van der Waals surface area (Å²) in [6.45, 7) is 2.21. The zero-order valence-electron chi connectivity index (χ0n) is 13.2. The summed E-state index contributed by atoms with van der Waals surface area (Å²) in [5.41, 5.74) is 3.66. The molecule has 0 aromatic carbocycles. The average molecular weight is 347 g/mol. The lowest BCUT2D eigenvalue weighted by Crippen LogP contribution is -2.39. The second-order valence-corrected chi connectivity index (χ2v) is 5.13. The Kier molecular flexibility index (Phi) is 7.93. The largest absolute Gasteiger partial charge is 0.435 e. The van der Waals surface area contributed by atoms with Crippen molar-refractivity contribution < 1.29 is 22.8 Å². The summed E-state index contributed by atoms with van der Waals surface area (Å²) in [4.78, 5) is 22.5. The Labute approximate surface area is 137 Å². The first-order valence-corrected chi connectivity index (χ1v) is 7.52. The summed E-state index contributed by atoms with van der Waals surface area (Å²) in [6.07, 6.45) is -0.692. The van der Waals surface area contributed by atoms with E-state index in [2.05, 4.69) is 26.4 Å². The van der Waals surface area contributed by atoms with E-state index in [1.165, 1.54) is 0 Å². The molecule has 0 fully saturated rings. The fourth-order valence-corrected chi connectivity index (χ4v) is 1.93. The molecule has 24 heavy (non-hydrogen) atoms. The van der Waals surface area contributed by atoms with Crippen molar-refractivity contribution in [1.29, 1.82) is 0 Å². The van der Waals surface area contributed by atoms with E-state index in [4.69, 9.17) is 0 Å². The van der Waals surface area contributed by atoms with Crippen LogP contribution in [-0.2, 0) is 15.8 Å². The molecule has 0 spiro atoms. The van der Waals surface area contributed by atoms with Crippen LogP contribution in [0.4, 0.5) is 19.0 Å². The highest BCUT2D eigenvalue weighted by atomic mass is 19.4. The highest BCUT2D eigenvalue weighted by Crippen LogP contribution is 2.26. The number of nitrogens with one attached hydrogen (secondary N) is 3. The van der Waals surface area contributed by atoms with Crippen molar-refractivity contribution in [3.63, 3.8) is 0 Å². The molecule has 134 valence electrons. The van der Waals surface area contributed by atoms with Gasteiger partial charge in [-0.05, 0) is 18.6 Å². The molecule has 0 unspecified atom stereocenters. The molecule has 1 aromatic heterocycles. The molecule has 0 bridgehead atoms. The Morgan fingerprint density at radius 2 is 2.04 bits per heavy atom. The third kappa shape index (κ3) is 6.80. The molecule has 1 heterocycles. The minimum Gasteiger partial charge on any atom is -0.358 e. The van der Waals surface area contributed by atoms with E-state index < -0.39 is 17.8 Å². The van der Waals surface area contributed by atoms with Gasteiger partial charge in [0.2, 0.25) is 12.3 Å². The van der Waals surface area contributed by atoms with Crippen LogP contribution in [0.5, 0.6) is 0 Å². The summed E-state index contributed by atoms with van der Waals surface area (Å²) in [5, 5.41) is 8.84. The zero-order valence-corrected chi connectivity index (χ0v) is 13.2. The second-order valence-electron chi connectivity index (χ2n) is 5.13. The zero-order chi connectivity index (χ0) is 18.0. The van der Waals surface area contributed by atoms with Gasteiger partial charge in [-0.1, -0.05) is 26.2 Å². The summed E-state index contributed by atoms with van der Waals surface area (Å²) in [7, 11) is 0. The maximum atomic E-state index is 12.4. The number of halogens is 3. The Balaban J connectivity index is 2.55. The molecule has 1 rings (SSSR count). The molecule has 0 aliphatic rings. The molecule has 0 aliphatic heterocycles. The number of carbonyl (C=O) groups is 2. The van der Waals surface area contributed by atoms with Crippen LogP contribution in [0.1, 0.15) is 38.3 Å². The van der Waals surface area contributed by atoms with Gasteiger partial charge in [0.25, 0.3) is 0 Å². The van der Waals surface area contributed by atoms with Crippen molar-refractivity contribution in [1.82, 2.24) is 20.9 Å². The maximum Gasteiger partial charge on any atom is 0.435 e. The Morgan fingerprint density at radius 1 is 1.29 bits per heavy atom. The first-order valence-electron chi connectivity index (χ1n) is 7.52. The number of nitrogens with zero attached hydrogens (tertiary/aromatic N) is 2. The highest BCUT2D eigenvalue weighted by molar-refractivity contribution is 5.80. The third-order valence-corrected chi connectivity index (χ3v) is 3.24. The molecule has 0 saturated carbocycles. The standard InChI is InChI=1S/C14H20F3N5O2/c1-2-3-4-5-10(8-18-9-23)13(24)22-21-12-7-6-11(19-20-12)14(15,16)17/h6-7,9-10H,2-5,8H2,1H3,(H,18,23)(H,20,21)(H,22,24)/t10-/m0/s1. The highest BCUT2D eigenvalue weighted by Gasteiger charge is 2.32. The molecule has 0 aliphatic carbocycles. The van der Waals surface area contributed by atoms with Crippen LogP contribution in [0.15, 0.2) is 12.1 Å². The molecule has 7 nitrogen and oxygen atoms in total. The molecule has 0 saturated heterocycles. The fourth-order valence-electron chi connectivity index (χ4n) is 1.93. The topological polar surface area (TPSA) is 96.0 Å². The normalized spacial score (nSPS) is 12.3. The predicted molar refractivity (Wildman–Crippen MR) is 80.5 cm³/mol. The van der Waals surface area contributed by atoms with Crippen molar-refractivity contribution in [2.45, 2.75) is 38.8 Å². The SMILES string of the molecule is CCCCC[C@@H](CNC=O)C(=O)NNc1ccc(C(F)(F)F)nn1. The molecular weight excluding hydrogens is 327 g/mol. The van der Waals surface area contributed by atoms with Crippen molar-refractivity contribution in [3.8, 4) is 0 Å². The molecular formula is C14H20F3N5O2. The van der Waals surface area contributed by atoms with E-state index in [9.17, 15) is 22.8 Å². The molecule has 1 atom stereocenters. The molecule has 0 radical (unpaired) electrons. The first kappa shape index (κ1) is 19.7. The summed E-state index contributed by atoms with van der Waals surface area (Å²) in [6, 6.07) is 1.82. The van der Waals surface area contributed by atoms with E-state index in [1.807, 2.05) is 6.92 Å². The second kappa shape index (κ2) is 9.68. The van der Waals surface area contributed by atoms with Gasteiger partial charge in [0.1, 0.15) is 0 Å². The van der Waals surface area contributed by atoms with Crippen molar-refractivity contribution >= 4 is 18.1 Å². The number of carbonyl (C=O) groups excluding carboxylic acids is 2. The lowest BCUT2D eigenvalue weighted by atomic mass is 10.0. The van der Waals surface area contributed by atoms with Gasteiger partial charge in [-0.3, -0.25) is 20.4 Å². The van der Waals surface area contributed by atoms with E-state index in [1.54, 1.807) is 0 Å². The first-order chi connectivity index (χ1) is 11.4. The monoisotopic (exact) mass is 347 g/mol. The van der Waals surface area contributed by atoms with Gasteiger partial charge in [0.15, 0.2) is 11.5 Å². The van der Waals surface area contributed by atoms with Crippen LogP contribution >= 0.6 is 0 Å². The Morgan fingerprint density at radius 3 is 2.58 bits per heavy atom. The minimum absolute atomic E-state index is 0.0213. The van der Waals surface area contributed by atoms with Gasteiger partial charge in [-0.25, -0.2) is 0 Å². The molecule has 1 aromatic rings. The summed E-state index contributed by atoms with van der Waals surface area (Å²) < 4.78 is 37.1. The van der Waals surface area contributed by atoms with E-state index >= 15 is 0 Å².